The lowest BCUT2D eigenvalue weighted by Gasteiger charge is -1.92. The normalized spacial score (nSPS) is 10.3. The Morgan fingerprint density at radius 2 is 1.32 bits per heavy atom. The predicted octanol–water partition coefficient (Wildman–Crippen LogP) is 3.85. The quantitative estimate of drug-likeness (QED) is 0.453. The molecule has 4 N–H and O–H groups in total. The van der Waals surface area contributed by atoms with Crippen molar-refractivity contribution in [1.82, 2.24) is 0 Å². The first-order valence-corrected chi connectivity index (χ1v) is 9.49. The van der Waals surface area contributed by atoms with E-state index < -0.39 is 7.12 Å². The summed E-state index contributed by atoms with van der Waals surface area (Å²) in [6, 6.07) is 21.8. The lowest BCUT2D eigenvalue weighted by Crippen LogP contribution is -2.05. The van der Waals surface area contributed by atoms with E-state index >= 15 is 0 Å². The molecule has 0 aliphatic carbocycles. The van der Waals surface area contributed by atoms with Gasteiger partial charge in [0.15, 0.2) is 0 Å². The molecule has 1 aliphatic rings. The number of terminal acetylenes is 1. The van der Waals surface area contributed by atoms with Crippen LogP contribution in [0.1, 0.15) is 11.1 Å². The SMILES string of the molecule is C#Cc1ccc(Cl)cc1.O.OB(O)/C=C/c1ccc(Cl)cc1.[B]1Oc2ccccc2O1. The van der Waals surface area contributed by atoms with Crippen molar-refractivity contribution < 1.29 is 24.8 Å². The zero-order valence-electron chi connectivity index (χ0n) is 16.3. The average Bonchev–Trinajstić information content (AvgIpc) is 3.24. The second-order valence-electron chi connectivity index (χ2n) is 5.75. The molecule has 0 saturated heterocycles. The van der Waals surface area contributed by atoms with Crippen LogP contribution in [0.3, 0.4) is 0 Å². The predicted molar refractivity (Wildman–Crippen MR) is 127 cm³/mol. The van der Waals surface area contributed by atoms with Crippen molar-refractivity contribution in [1.29, 1.82) is 0 Å². The van der Waals surface area contributed by atoms with Crippen LogP contribution in [0.4, 0.5) is 0 Å². The highest BCUT2D eigenvalue weighted by molar-refractivity contribution is 6.48. The third-order valence-electron chi connectivity index (χ3n) is 3.54. The van der Waals surface area contributed by atoms with Crippen molar-refractivity contribution in [2.75, 3.05) is 0 Å². The molecule has 0 unspecified atom stereocenters. The van der Waals surface area contributed by atoms with Gasteiger partial charge < -0.3 is 24.8 Å². The Bertz CT molecular complexity index is 965. The Kier molecular flexibility index (Phi) is 12.0. The van der Waals surface area contributed by atoms with Crippen LogP contribution < -0.4 is 9.31 Å². The minimum absolute atomic E-state index is 0. The summed E-state index contributed by atoms with van der Waals surface area (Å²) in [6.07, 6.45) is 6.72. The molecule has 0 bridgehead atoms. The summed E-state index contributed by atoms with van der Waals surface area (Å²) in [5.74, 6) is 5.36. The molecule has 31 heavy (non-hydrogen) atoms. The maximum absolute atomic E-state index is 8.51. The third kappa shape index (κ3) is 10.1. The maximum atomic E-state index is 8.51. The largest absolute Gasteiger partial charge is 0.658 e. The van der Waals surface area contributed by atoms with E-state index in [1.807, 2.05) is 36.4 Å². The number of benzene rings is 3. The van der Waals surface area contributed by atoms with Crippen molar-refractivity contribution in [2.45, 2.75) is 0 Å². The van der Waals surface area contributed by atoms with Gasteiger partial charge in [0.1, 0.15) is 11.5 Å². The van der Waals surface area contributed by atoms with Gasteiger partial charge in [-0.3, -0.25) is 0 Å². The molecule has 0 atom stereocenters. The molecule has 9 heteroatoms. The van der Waals surface area contributed by atoms with E-state index in [1.54, 1.807) is 42.5 Å². The Morgan fingerprint density at radius 1 is 0.839 bits per heavy atom. The van der Waals surface area contributed by atoms with E-state index in [-0.39, 0.29) is 5.48 Å². The Hall–Kier alpha value is -2.85. The molecule has 1 heterocycles. The van der Waals surface area contributed by atoms with Crippen LogP contribution in [-0.4, -0.2) is 30.3 Å². The maximum Gasteiger partial charge on any atom is 0.658 e. The lowest BCUT2D eigenvalue weighted by atomic mass is 9.91. The van der Waals surface area contributed by atoms with E-state index in [4.69, 9.17) is 49.0 Å². The molecule has 157 valence electrons. The molecule has 1 aliphatic heterocycles. The van der Waals surface area contributed by atoms with Crippen LogP contribution in [0, 0.1) is 12.3 Å². The van der Waals surface area contributed by atoms with Gasteiger partial charge in [0.05, 0.1) is 0 Å². The fourth-order valence-electron chi connectivity index (χ4n) is 2.09. The molecule has 0 saturated carbocycles. The van der Waals surface area contributed by atoms with Gasteiger partial charge in [-0.25, -0.2) is 0 Å². The molecular weight excluding hydrogens is 437 g/mol. The van der Waals surface area contributed by atoms with Crippen LogP contribution in [-0.2, 0) is 0 Å². The van der Waals surface area contributed by atoms with E-state index in [2.05, 4.69) is 5.92 Å². The number of halogens is 2. The van der Waals surface area contributed by atoms with Crippen molar-refractivity contribution in [3.63, 3.8) is 0 Å². The van der Waals surface area contributed by atoms with E-state index in [0.717, 1.165) is 22.6 Å². The molecule has 0 aromatic heterocycles. The number of rotatable bonds is 2. The Labute approximate surface area is 192 Å². The smallest absolute Gasteiger partial charge is 0.524 e. The van der Waals surface area contributed by atoms with Gasteiger partial charge in [-0.2, -0.15) is 0 Å². The van der Waals surface area contributed by atoms with Gasteiger partial charge in [-0.05, 0) is 54.1 Å². The summed E-state index contributed by atoms with van der Waals surface area (Å²) in [4.78, 5) is 0. The fourth-order valence-corrected chi connectivity index (χ4v) is 2.34. The molecule has 3 aromatic carbocycles. The van der Waals surface area contributed by atoms with E-state index in [0.29, 0.717) is 10.0 Å². The van der Waals surface area contributed by atoms with Crippen molar-refractivity contribution in [3.05, 3.63) is 99.9 Å². The molecule has 1 radical (unpaired) electrons. The van der Waals surface area contributed by atoms with Gasteiger partial charge in [-0.1, -0.05) is 65.4 Å². The topological polar surface area (TPSA) is 90.4 Å². The van der Waals surface area contributed by atoms with Gasteiger partial charge in [0, 0.05) is 15.6 Å². The Morgan fingerprint density at radius 3 is 1.77 bits per heavy atom. The fraction of sp³-hybridized carbons (Fsp3) is 0. The number of hydrogen-bond donors (Lipinski definition) is 2. The summed E-state index contributed by atoms with van der Waals surface area (Å²) in [7, 11) is -0.0781. The van der Waals surface area contributed by atoms with Crippen molar-refractivity contribution in [3.8, 4) is 23.8 Å². The molecule has 3 aromatic rings. The highest BCUT2D eigenvalue weighted by Gasteiger charge is 2.14. The van der Waals surface area contributed by atoms with Crippen LogP contribution in [0.15, 0.2) is 78.8 Å². The first-order valence-electron chi connectivity index (χ1n) is 8.74. The van der Waals surface area contributed by atoms with Crippen molar-refractivity contribution >= 4 is 44.1 Å². The summed E-state index contributed by atoms with van der Waals surface area (Å²) >= 11 is 11.3. The zero-order chi connectivity index (χ0) is 21.8. The lowest BCUT2D eigenvalue weighted by molar-refractivity contribution is 0.424. The van der Waals surface area contributed by atoms with Gasteiger partial charge in [0.25, 0.3) is 0 Å². The van der Waals surface area contributed by atoms with Gasteiger partial charge >= 0.3 is 14.8 Å². The highest BCUT2D eigenvalue weighted by atomic mass is 35.5. The molecule has 0 amide bonds. The minimum Gasteiger partial charge on any atom is -0.524 e. The molecule has 0 fully saturated rings. The first kappa shape index (κ1) is 26.2. The summed E-state index contributed by atoms with van der Waals surface area (Å²) in [6.45, 7) is 0. The minimum atomic E-state index is -1.40. The molecular formula is C22H19B2Cl2O5. The summed E-state index contributed by atoms with van der Waals surface area (Å²) in [5.41, 5.74) is 1.74. The van der Waals surface area contributed by atoms with Gasteiger partial charge in [-0.15, -0.1) is 6.42 Å². The zero-order valence-corrected chi connectivity index (χ0v) is 17.8. The van der Waals surface area contributed by atoms with E-state index in [1.165, 1.54) is 13.7 Å². The van der Waals surface area contributed by atoms with Crippen LogP contribution in [0.25, 0.3) is 6.08 Å². The summed E-state index contributed by atoms with van der Waals surface area (Å²) < 4.78 is 9.90. The summed E-state index contributed by atoms with van der Waals surface area (Å²) in [5, 5.41) is 18.4. The number of para-hydroxylation sites is 2. The number of fused-ring (bicyclic) bond motifs is 1. The first-order chi connectivity index (χ1) is 14.5. The molecule has 5 nitrogen and oxygen atoms in total. The monoisotopic (exact) mass is 455 g/mol. The molecule has 4 rings (SSSR count). The number of hydrogen-bond acceptors (Lipinski definition) is 4. The highest BCUT2D eigenvalue weighted by Crippen LogP contribution is 2.29. The van der Waals surface area contributed by atoms with Crippen LogP contribution >= 0.6 is 23.2 Å². The van der Waals surface area contributed by atoms with Gasteiger partial charge in [0.2, 0.25) is 0 Å². The van der Waals surface area contributed by atoms with Crippen molar-refractivity contribution in [2.24, 2.45) is 0 Å². The van der Waals surface area contributed by atoms with E-state index in [9.17, 15) is 0 Å². The average molecular weight is 456 g/mol. The van der Waals surface area contributed by atoms with Crippen LogP contribution in [0.2, 0.25) is 10.0 Å². The second kappa shape index (κ2) is 14.2. The molecule has 0 spiro atoms. The van der Waals surface area contributed by atoms with Crippen LogP contribution in [0.5, 0.6) is 11.5 Å². The second-order valence-corrected chi connectivity index (χ2v) is 6.63. The third-order valence-corrected chi connectivity index (χ3v) is 4.04. The Balaban J connectivity index is 0.000000232. The standard InChI is InChI=1S/C8H8BClO2.C8H5Cl.C6H4BO2.H2O/c10-8-3-1-7(2-4-8)5-6-9(11)12;1-2-7-3-5-8(9)6-4-7;1-2-4-6-5(3-1)8-7-9-6;/h1-6,11-12H;1,3-6H;1-4H;1H2/b6-5+;;;.